The summed E-state index contributed by atoms with van der Waals surface area (Å²) in [5.41, 5.74) is 0. The first-order chi connectivity index (χ1) is 7.45. The molecule has 0 aliphatic carbocycles. The molecule has 0 fully saturated rings. The molecule has 1 N–H and O–H groups in total. The predicted octanol–water partition coefficient (Wildman–Crippen LogP) is 0.0924. The van der Waals surface area contributed by atoms with E-state index < -0.39 is 34.9 Å². The Kier molecular flexibility index (Phi) is 4.11. The number of carbonyl (C=O) groups excluding carboxylic acids is 1. The molecule has 0 heterocycles. The molecule has 0 aliphatic rings. The van der Waals surface area contributed by atoms with Crippen molar-refractivity contribution in [2.45, 2.75) is 4.90 Å². The minimum Gasteiger partial charge on any atom is -0.388 e. The Labute approximate surface area is 91.6 Å². The van der Waals surface area contributed by atoms with Crippen molar-refractivity contribution < 1.29 is 26.9 Å². The standard InChI is InChI=1S/C9H9FO5S/c10-7-1-3-9(4-2-7)16(13,14)15-6-8(12)5-11/h1-4,11H,5-6H2. The average Bonchev–Trinajstić information content (AvgIpc) is 2.26. The molecule has 1 rings (SSSR count). The molecule has 5 nitrogen and oxygen atoms in total. The molecule has 7 heteroatoms. The lowest BCUT2D eigenvalue weighted by Gasteiger charge is -2.03. The number of rotatable bonds is 5. The highest BCUT2D eigenvalue weighted by Crippen LogP contribution is 2.12. The maximum absolute atomic E-state index is 12.5. The molecule has 1 aromatic rings. The summed E-state index contributed by atoms with van der Waals surface area (Å²) in [5.74, 6) is -1.34. The first-order valence-corrected chi connectivity index (χ1v) is 5.64. The van der Waals surface area contributed by atoms with Gasteiger partial charge in [-0.05, 0) is 24.3 Å². The highest BCUT2D eigenvalue weighted by Gasteiger charge is 2.16. The highest BCUT2D eigenvalue weighted by atomic mass is 32.2. The lowest BCUT2D eigenvalue weighted by molar-refractivity contribution is -0.123. The van der Waals surface area contributed by atoms with Crippen molar-refractivity contribution in [1.29, 1.82) is 0 Å². The van der Waals surface area contributed by atoms with E-state index in [2.05, 4.69) is 4.18 Å². The minimum absolute atomic E-state index is 0.250. The predicted molar refractivity (Wildman–Crippen MR) is 51.6 cm³/mol. The molecule has 0 amide bonds. The maximum Gasteiger partial charge on any atom is 0.297 e. The molecule has 0 radical (unpaired) electrons. The van der Waals surface area contributed by atoms with Crippen LogP contribution in [0.4, 0.5) is 4.39 Å². The van der Waals surface area contributed by atoms with Crippen LogP contribution in [0.15, 0.2) is 29.2 Å². The molecule has 1 aromatic carbocycles. The molecule has 0 spiro atoms. The fourth-order valence-electron chi connectivity index (χ4n) is 0.858. The van der Waals surface area contributed by atoms with E-state index in [1.807, 2.05) is 0 Å². The minimum atomic E-state index is -4.08. The number of hydrogen-bond acceptors (Lipinski definition) is 5. The van der Waals surface area contributed by atoms with Gasteiger partial charge >= 0.3 is 0 Å². The molecule has 16 heavy (non-hydrogen) atoms. The van der Waals surface area contributed by atoms with Crippen LogP contribution in [-0.4, -0.2) is 32.5 Å². The van der Waals surface area contributed by atoms with Crippen LogP contribution in [0.25, 0.3) is 0 Å². The van der Waals surface area contributed by atoms with Gasteiger partial charge in [0.25, 0.3) is 10.1 Å². The zero-order chi connectivity index (χ0) is 12.2. The van der Waals surface area contributed by atoms with Gasteiger partial charge in [0.2, 0.25) is 0 Å². The monoisotopic (exact) mass is 248 g/mol. The van der Waals surface area contributed by atoms with Crippen molar-refractivity contribution in [2.75, 3.05) is 13.2 Å². The Morgan fingerprint density at radius 3 is 2.38 bits per heavy atom. The number of ketones is 1. The van der Waals surface area contributed by atoms with Gasteiger partial charge in [-0.3, -0.25) is 8.98 Å². The van der Waals surface area contributed by atoms with Crippen LogP contribution < -0.4 is 0 Å². The second-order valence-electron chi connectivity index (χ2n) is 2.87. The summed E-state index contributed by atoms with van der Waals surface area (Å²) in [4.78, 5) is 10.4. The number of aliphatic hydroxyl groups is 1. The summed E-state index contributed by atoms with van der Waals surface area (Å²) in [6.07, 6.45) is 0. The molecule has 0 atom stereocenters. The van der Waals surface area contributed by atoms with E-state index in [1.165, 1.54) is 0 Å². The van der Waals surface area contributed by atoms with Crippen molar-refractivity contribution in [1.82, 2.24) is 0 Å². The second kappa shape index (κ2) is 5.15. The van der Waals surface area contributed by atoms with Crippen molar-refractivity contribution >= 4 is 15.9 Å². The third-order valence-corrected chi connectivity index (χ3v) is 2.93. The Morgan fingerprint density at radius 2 is 1.88 bits per heavy atom. The first-order valence-electron chi connectivity index (χ1n) is 4.23. The van der Waals surface area contributed by atoms with Crippen LogP contribution in [0.2, 0.25) is 0 Å². The molecule has 88 valence electrons. The van der Waals surface area contributed by atoms with Crippen LogP contribution in [0.5, 0.6) is 0 Å². The van der Waals surface area contributed by atoms with E-state index in [0.717, 1.165) is 24.3 Å². The van der Waals surface area contributed by atoms with Gasteiger partial charge in [-0.1, -0.05) is 0 Å². The highest BCUT2D eigenvalue weighted by molar-refractivity contribution is 7.86. The zero-order valence-electron chi connectivity index (χ0n) is 8.09. The van der Waals surface area contributed by atoms with Gasteiger partial charge in [0.1, 0.15) is 19.0 Å². The molecule has 0 unspecified atom stereocenters. The summed E-state index contributed by atoms with van der Waals surface area (Å²) >= 11 is 0. The molecule has 0 bridgehead atoms. The average molecular weight is 248 g/mol. The molecule has 0 aromatic heterocycles. The summed E-state index contributed by atoms with van der Waals surface area (Å²) < 4.78 is 39.6. The van der Waals surface area contributed by atoms with E-state index in [0.29, 0.717) is 0 Å². The van der Waals surface area contributed by atoms with E-state index in [-0.39, 0.29) is 4.90 Å². The number of benzene rings is 1. The third-order valence-electron chi connectivity index (χ3n) is 1.65. The SMILES string of the molecule is O=C(CO)COS(=O)(=O)c1ccc(F)cc1. The normalized spacial score (nSPS) is 11.4. The smallest absolute Gasteiger partial charge is 0.297 e. The molecule has 0 saturated heterocycles. The van der Waals surface area contributed by atoms with Crippen LogP contribution in [0, 0.1) is 5.82 Å². The van der Waals surface area contributed by atoms with Crippen LogP contribution in [-0.2, 0) is 19.1 Å². The third kappa shape index (κ3) is 3.37. The van der Waals surface area contributed by atoms with Gasteiger partial charge in [0, 0.05) is 0 Å². The fraction of sp³-hybridized carbons (Fsp3) is 0.222. The number of carbonyl (C=O) groups is 1. The number of aliphatic hydroxyl groups excluding tert-OH is 1. The van der Waals surface area contributed by atoms with Gasteiger partial charge in [-0.25, -0.2) is 4.39 Å². The quantitative estimate of drug-likeness (QED) is 0.747. The number of hydrogen-bond donors (Lipinski definition) is 1. The molecule has 0 saturated carbocycles. The van der Waals surface area contributed by atoms with E-state index in [9.17, 15) is 17.6 Å². The molecule has 0 aliphatic heterocycles. The summed E-state index contributed by atoms with van der Waals surface area (Å²) in [6.45, 7) is -1.53. The van der Waals surface area contributed by atoms with Crippen LogP contribution in [0.3, 0.4) is 0 Å². The zero-order valence-corrected chi connectivity index (χ0v) is 8.91. The van der Waals surface area contributed by atoms with Crippen LogP contribution >= 0.6 is 0 Å². The first kappa shape index (κ1) is 12.8. The number of Topliss-reactive ketones (excluding diaryl/α,β-unsaturated/α-hetero) is 1. The van der Waals surface area contributed by atoms with E-state index >= 15 is 0 Å². The van der Waals surface area contributed by atoms with Gasteiger partial charge in [-0.15, -0.1) is 0 Å². The largest absolute Gasteiger partial charge is 0.388 e. The molecular formula is C9H9FO5S. The van der Waals surface area contributed by atoms with Gasteiger partial charge in [0.05, 0.1) is 4.90 Å². The van der Waals surface area contributed by atoms with Crippen molar-refractivity contribution in [3.05, 3.63) is 30.1 Å². The number of halogens is 1. The fourth-order valence-corrected chi connectivity index (χ4v) is 1.75. The lowest BCUT2D eigenvalue weighted by atomic mass is 10.4. The second-order valence-corrected chi connectivity index (χ2v) is 4.48. The molecular weight excluding hydrogens is 239 g/mol. The van der Waals surface area contributed by atoms with Gasteiger partial charge < -0.3 is 5.11 Å². The van der Waals surface area contributed by atoms with E-state index in [1.54, 1.807) is 0 Å². The lowest BCUT2D eigenvalue weighted by Crippen LogP contribution is -2.17. The van der Waals surface area contributed by atoms with Crippen molar-refractivity contribution in [3.63, 3.8) is 0 Å². The van der Waals surface area contributed by atoms with E-state index in [4.69, 9.17) is 5.11 Å². The van der Waals surface area contributed by atoms with Crippen molar-refractivity contribution in [2.24, 2.45) is 0 Å². The van der Waals surface area contributed by atoms with Crippen molar-refractivity contribution in [3.8, 4) is 0 Å². The topological polar surface area (TPSA) is 80.7 Å². The van der Waals surface area contributed by atoms with Gasteiger partial charge in [0.15, 0.2) is 5.78 Å². The van der Waals surface area contributed by atoms with Gasteiger partial charge in [-0.2, -0.15) is 8.42 Å². The Morgan fingerprint density at radius 1 is 1.31 bits per heavy atom. The Balaban J connectivity index is 2.78. The summed E-state index contributed by atoms with van der Waals surface area (Å²) in [5, 5.41) is 8.36. The Hall–Kier alpha value is -1.31. The van der Waals surface area contributed by atoms with Crippen LogP contribution in [0.1, 0.15) is 0 Å². The summed E-state index contributed by atoms with van der Waals surface area (Å²) in [7, 11) is -4.08. The Bertz CT molecular complexity index is 465. The summed E-state index contributed by atoms with van der Waals surface area (Å²) in [6, 6.07) is 3.97. The maximum atomic E-state index is 12.5.